The molecular weight excluding hydrogens is 342 g/mol. The molecule has 24 heavy (non-hydrogen) atoms. The number of alkyl halides is 2. The van der Waals surface area contributed by atoms with Gasteiger partial charge in [0.15, 0.2) is 0 Å². The number of carbonyl (C=O) groups is 2. The van der Waals surface area contributed by atoms with Gasteiger partial charge in [0.1, 0.15) is 5.75 Å². The zero-order chi connectivity index (χ0) is 17.3. The molecule has 2 saturated heterocycles. The average molecular weight is 359 g/mol. The van der Waals surface area contributed by atoms with Crippen LogP contribution in [0.1, 0.15) is 19.3 Å². The van der Waals surface area contributed by atoms with Gasteiger partial charge < -0.3 is 9.64 Å². The molecule has 0 aliphatic carbocycles. The smallest absolute Gasteiger partial charge is 0.410 e. The maximum Gasteiger partial charge on any atom is 0.415 e. The highest BCUT2D eigenvalue weighted by molar-refractivity contribution is 6.30. The molecule has 3 rings (SSSR count). The summed E-state index contributed by atoms with van der Waals surface area (Å²) in [6, 6.07) is 5.39. The van der Waals surface area contributed by atoms with Gasteiger partial charge >= 0.3 is 6.09 Å². The van der Waals surface area contributed by atoms with E-state index in [1.165, 1.54) is 17.0 Å². The van der Waals surface area contributed by atoms with Crippen molar-refractivity contribution in [1.82, 2.24) is 9.80 Å². The fraction of sp³-hybridized carbons (Fsp3) is 0.500. The minimum atomic E-state index is -3.05. The minimum Gasteiger partial charge on any atom is -0.410 e. The molecule has 8 heteroatoms. The van der Waals surface area contributed by atoms with Gasteiger partial charge in [0, 0.05) is 31.0 Å². The number of hydrogen-bond acceptors (Lipinski definition) is 3. The molecule has 2 fully saturated rings. The van der Waals surface area contributed by atoms with E-state index in [4.69, 9.17) is 16.3 Å². The van der Waals surface area contributed by atoms with E-state index in [0.717, 1.165) is 4.90 Å². The number of nitrogens with zero attached hydrogens (tertiary/aromatic N) is 2. The SMILES string of the molecule is O=C(Oc1ccc(Cl)cc1)N1C[C@H](N2CCCC2=O)CC(F)(F)C1. The van der Waals surface area contributed by atoms with Gasteiger partial charge in [0.2, 0.25) is 5.91 Å². The number of halogens is 3. The summed E-state index contributed by atoms with van der Waals surface area (Å²) in [5.74, 6) is -2.96. The zero-order valence-corrected chi connectivity index (χ0v) is 13.6. The van der Waals surface area contributed by atoms with Gasteiger partial charge in [0.05, 0.1) is 12.6 Å². The standard InChI is InChI=1S/C16H17ClF2N2O3/c17-11-3-5-13(6-4-11)24-15(23)20-9-12(8-16(18,19)10-20)21-7-1-2-14(21)22/h3-6,12H,1-2,7-10H2/t12-/m1/s1. The molecule has 0 aromatic heterocycles. The third-order valence-electron chi connectivity index (χ3n) is 4.22. The van der Waals surface area contributed by atoms with Gasteiger partial charge in [-0.05, 0) is 30.7 Å². The summed E-state index contributed by atoms with van der Waals surface area (Å²) < 4.78 is 33.2. The molecule has 0 radical (unpaired) electrons. The van der Waals surface area contributed by atoms with Crippen molar-refractivity contribution in [3.05, 3.63) is 29.3 Å². The van der Waals surface area contributed by atoms with Crippen molar-refractivity contribution in [3.8, 4) is 5.75 Å². The lowest BCUT2D eigenvalue weighted by Gasteiger charge is -2.40. The number of ether oxygens (including phenoxy) is 1. The molecule has 0 unspecified atom stereocenters. The summed E-state index contributed by atoms with van der Waals surface area (Å²) in [4.78, 5) is 26.5. The van der Waals surface area contributed by atoms with Crippen LogP contribution < -0.4 is 4.74 Å². The second-order valence-electron chi connectivity index (χ2n) is 6.11. The Morgan fingerprint density at radius 3 is 2.62 bits per heavy atom. The Balaban J connectivity index is 1.70. The van der Waals surface area contributed by atoms with Crippen LogP contribution in [-0.4, -0.2) is 53.4 Å². The zero-order valence-electron chi connectivity index (χ0n) is 12.9. The summed E-state index contributed by atoms with van der Waals surface area (Å²) in [5, 5.41) is 0.479. The molecule has 1 aromatic carbocycles. The Kier molecular flexibility index (Phi) is 4.62. The molecule has 0 saturated carbocycles. The van der Waals surface area contributed by atoms with E-state index in [9.17, 15) is 18.4 Å². The van der Waals surface area contributed by atoms with Crippen molar-refractivity contribution in [3.63, 3.8) is 0 Å². The number of carbonyl (C=O) groups excluding carboxylic acids is 2. The number of amides is 2. The molecule has 2 amide bonds. The molecule has 1 aromatic rings. The van der Waals surface area contributed by atoms with E-state index in [1.54, 1.807) is 12.1 Å². The van der Waals surface area contributed by atoms with Crippen molar-refractivity contribution in [1.29, 1.82) is 0 Å². The van der Waals surface area contributed by atoms with Crippen LogP contribution in [0.4, 0.5) is 13.6 Å². The molecule has 0 bridgehead atoms. The summed E-state index contributed by atoms with van der Waals surface area (Å²) in [6.07, 6.45) is -0.245. The lowest BCUT2D eigenvalue weighted by molar-refractivity contribution is -0.135. The molecule has 2 aliphatic rings. The van der Waals surface area contributed by atoms with Crippen LogP contribution in [0.2, 0.25) is 5.02 Å². The first-order chi connectivity index (χ1) is 11.3. The van der Waals surface area contributed by atoms with Crippen molar-refractivity contribution >= 4 is 23.6 Å². The summed E-state index contributed by atoms with van der Waals surface area (Å²) in [7, 11) is 0. The van der Waals surface area contributed by atoms with E-state index < -0.39 is 31.0 Å². The van der Waals surface area contributed by atoms with E-state index in [1.807, 2.05) is 0 Å². The second kappa shape index (κ2) is 6.55. The van der Waals surface area contributed by atoms with Crippen molar-refractivity contribution in [2.75, 3.05) is 19.6 Å². The predicted molar refractivity (Wildman–Crippen MR) is 83.3 cm³/mol. The van der Waals surface area contributed by atoms with Crippen LogP contribution in [0, 0.1) is 0 Å². The summed E-state index contributed by atoms with van der Waals surface area (Å²) >= 11 is 5.75. The van der Waals surface area contributed by atoms with Crippen LogP contribution in [0.5, 0.6) is 5.75 Å². The largest absolute Gasteiger partial charge is 0.415 e. The van der Waals surface area contributed by atoms with Gasteiger partial charge in [0.25, 0.3) is 5.92 Å². The molecule has 2 aliphatic heterocycles. The molecule has 0 spiro atoms. The van der Waals surface area contributed by atoms with Crippen molar-refractivity contribution in [2.45, 2.75) is 31.2 Å². The number of likely N-dealkylation sites (tertiary alicyclic amines) is 2. The van der Waals surface area contributed by atoms with Gasteiger partial charge in [-0.25, -0.2) is 13.6 Å². The van der Waals surface area contributed by atoms with Crippen molar-refractivity contribution in [2.24, 2.45) is 0 Å². The summed E-state index contributed by atoms with van der Waals surface area (Å²) in [6.45, 7) is -0.203. The highest BCUT2D eigenvalue weighted by atomic mass is 35.5. The molecule has 2 heterocycles. The Hall–Kier alpha value is -1.89. The summed E-state index contributed by atoms with van der Waals surface area (Å²) in [5.41, 5.74) is 0. The number of rotatable bonds is 2. The molecule has 130 valence electrons. The highest BCUT2D eigenvalue weighted by Gasteiger charge is 2.46. The Morgan fingerprint density at radius 1 is 1.29 bits per heavy atom. The van der Waals surface area contributed by atoms with E-state index in [2.05, 4.69) is 0 Å². The van der Waals surface area contributed by atoms with E-state index >= 15 is 0 Å². The van der Waals surface area contributed by atoms with Crippen LogP contribution in [-0.2, 0) is 4.79 Å². The van der Waals surface area contributed by atoms with Gasteiger partial charge in [-0.15, -0.1) is 0 Å². The van der Waals surface area contributed by atoms with Crippen LogP contribution in [0.3, 0.4) is 0 Å². The monoisotopic (exact) mass is 358 g/mol. The predicted octanol–water partition coefficient (Wildman–Crippen LogP) is 3.17. The molecule has 5 nitrogen and oxygen atoms in total. The van der Waals surface area contributed by atoms with Crippen LogP contribution in [0.15, 0.2) is 24.3 Å². The van der Waals surface area contributed by atoms with E-state index in [-0.39, 0.29) is 18.2 Å². The fourth-order valence-corrected chi connectivity index (χ4v) is 3.27. The third-order valence-corrected chi connectivity index (χ3v) is 4.47. The number of piperidine rings is 1. The average Bonchev–Trinajstić information content (AvgIpc) is 2.94. The van der Waals surface area contributed by atoms with Gasteiger partial charge in [-0.1, -0.05) is 11.6 Å². The molecule has 0 N–H and O–H groups in total. The molecular formula is C16H17ClF2N2O3. The number of hydrogen-bond donors (Lipinski definition) is 0. The fourth-order valence-electron chi connectivity index (χ4n) is 3.14. The maximum absolute atomic E-state index is 14.0. The molecule has 1 atom stereocenters. The van der Waals surface area contributed by atoms with E-state index in [0.29, 0.717) is 24.4 Å². The lowest BCUT2D eigenvalue weighted by Crippen LogP contribution is -2.57. The normalized spacial score (nSPS) is 23.5. The van der Waals surface area contributed by atoms with Crippen LogP contribution >= 0.6 is 11.6 Å². The topological polar surface area (TPSA) is 49.9 Å². The Labute approximate surface area is 143 Å². The van der Waals surface area contributed by atoms with Crippen molar-refractivity contribution < 1.29 is 23.1 Å². The Bertz CT molecular complexity index is 639. The highest BCUT2D eigenvalue weighted by Crippen LogP contribution is 2.32. The first-order valence-corrected chi connectivity index (χ1v) is 8.11. The van der Waals surface area contributed by atoms with Gasteiger partial charge in [-0.3, -0.25) is 9.69 Å². The minimum absolute atomic E-state index is 0.0494. The first kappa shape index (κ1) is 17.0. The lowest BCUT2D eigenvalue weighted by atomic mass is 10.0. The Morgan fingerprint density at radius 2 is 2.00 bits per heavy atom. The maximum atomic E-state index is 14.0. The second-order valence-corrected chi connectivity index (χ2v) is 6.54. The van der Waals surface area contributed by atoms with Gasteiger partial charge in [-0.2, -0.15) is 0 Å². The quantitative estimate of drug-likeness (QED) is 0.816. The third kappa shape index (κ3) is 3.77. The first-order valence-electron chi connectivity index (χ1n) is 7.74. The van der Waals surface area contributed by atoms with Crippen LogP contribution in [0.25, 0.3) is 0 Å². The number of benzene rings is 1.